The summed E-state index contributed by atoms with van der Waals surface area (Å²) in [5.41, 5.74) is 4.33. The molecule has 0 nitrogen and oxygen atoms in total. The van der Waals surface area contributed by atoms with Gasteiger partial charge in [-0.05, 0) is 64.2 Å². The van der Waals surface area contributed by atoms with E-state index in [4.69, 9.17) is 0 Å². The van der Waals surface area contributed by atoms with Crippen LogP contribution < -0.4 is 0 Å². The predicted molar refractivity (Wildman–Crippen MR) is 91.8 cm³/mol. The summed E-state index contributed by atoms with van der Waals surface area (Å²) in [6.07, 6.45) is 16.6. The minimum Gasteiger partial charge on any atom is -0.0958 e. The molecule has 1 rings (SSSR count). The fraction of sp³-hybridized carbons (Fsp3) is 0.600. The number of allylic oxidation sites excluding steroid dienone is 7. The maximum atomic E-state index is 4.19. The molecule has 0 bridgehead atoms. The van der Waals surface area contributed by atoms with E-state index < -0.39 is 0 Å². The number of hydrogen-bond donors (Lipinski definition) is 0. The number of hydrogen-bond acceptors (Lipinski definition) is 0. The third-order valence-corrected chi connectivity index (χ3v) is 4.30. The topological polar surface area (TPSA) is 0 Å². The summed E-state index contributed by atoms with van der Waals surface area (Å²) in [5, 5.41) is 0. The average Bonchev–Trinajstić information content (AvgIpc) is 2.37. The van der Waals surface area contributed by atoms with Gasteiger partial charge in [0.1, 0.15) is 0 Å². The zero-order chi connectivity index (χ0) is 15.0. The van der Waals surface area contributed by atoms with E-state index in [0.29, 0.717) is 11.8 Å². The Balaban J connectivity index is 2.78. The molecule has 0 fully saturated rings. The van der Waals surface area contributed by atoms with Gasteiger partial charge in [0.2, 0.25) is 0 Å². The van der Waals surface area contributed by atoms with Gasteiger partial charge >= 0.3 is 0 Å². The lowest BCUT2D eigenvalue weighted by Crippen LogP contribution is -2.06. The van der Waals surface area contributed by atoms with E-state index in [0.717, 1.165) is 12.8 Å². The Labute approximate surface area is 126 Å². The molecule has 20 heavy (non-hydrogen) atoms. The Bertz CT molecular complexity index is 390. The van der Waals surface area contributed by atoms with Crippen molar-refractivity contribution in [1.82, 2.24) is 0 Å². The lowest BCUT2D eigenvalue weighted by molar-refractivity contribution is 0.435. The molecule has 0 amide bonds. The smallest absolute Gasteiger partial charge is 0.0204 e. The summed E-state index contributed by atoms with van der Waals surface area (Å²) in [6, 6.07) is 0. The molecule has 1 aliphatic carbocycles. The first-order valence-corrected chi connectivity index (χ1v) is 8.16. The van der Waals surface area contributed by atoms with E-state index in [-0.39, 0.29) is 0 Å². The van der Waals surface area contributed by atoms with Crippen LogP contribution in [0.2, 0.25) is 0 Å². The highest BCUT2D eigenvalue weighted by Crippen LogP contribution is 2.23. The van der Waals surface area contributed by atoms with Crippen LogP contribution in [0, 0.1) is 11.8 Å². The summed E-state index contributed by atoms with van der Waals surface area (Å²) < 4.78 is 0. The summed E-state index contributed by atoms with van der Waals surface area (Å²) in [4.78, 5) is 0. The van der Waals surface area contributed by atoms with Crippen molar-refractivity contribution in [3.63, 3.8) is 0 Å². The second-order valence-corrected chi connectivity index (χ2v) is 6.64. The van der Waals surface area contributed by atoms with Crippen molar-refractivity contribution >= 4 is 0 Å². The van der Waals surface area contributed by atoms with Crippen molar-refractivity contribution in [3.8, 4) is 0 Å². The minimum atomic E-state index is 0.676. The molecule has 0 aromatic carbocycles. The van der Waals surface area contributed by atoms with Crippen molar-refractivity contribution in [1.29, 1.82) is 0 Å². The van der Waals surface area contributed by atoms with Crippen LogP contribution in [0.4, 0.5) is 0 Å². The van der Waals surface area contributed by atoms with Crippen molar-refractivity contribution in [2.24, 2.45) is 11.8 Å². The summed E-state index contributed by atoms with van der Waals surface area (Å²) in [7, 11) is 0. The second-order valence-electron chi connectivity index (χ2n) is 6.64. The molecule has 112 valence electrons. The van der Waals surface area contributed by atoms with Crippen molar-refractivity contribution in [2.75, 3.05) is 0 Å². The Kier molecular flexibility index (Phi) is 7.65. The van der Waals surface area contributed by atoms with Gasteiger partial charge in [0.25, 0.3) is 0 Å². The van der Waals surface area contributed by atoms with Crippen molar-refractivity contribution < 1.29 is 0 Å². The van der Waals surface area contributed by atoms with Crippen LogP contribution in [-0.2, 0) is 0 Å². The third-order valence-electron chi connectivity index (χ3n) is 4.30. The monoisotopic (exact) mass is 272 g/mol. The molecule has 1 aliphatic rings. The fourth-order valence-corrected chi connectivity index (χ4v) is 2.64. The average molecular weight is 272 g/mol. The van der Waals surface area contributed by atoms with E-state index in [1.807, 2.05) is 0 Å². The van der Waals surface area contributed by atoms with Gasteiger partial charge in [-0.1, -0.05) is 61.4 Å². The highest BCUT2D eigenvalue weighted by molar-refractivity contribution is 5.17. The lowest BCUT2D eigenvalue weighted by Gasteiger charge is -2.17. The molecule has 1 atom stereocenters. The molecular formula is C20H32. The SMILES string of the molecule is C=C1/C=C/C(C(C)C)CC/C(C)=C\CC/C(C)=C/CC1. The summed E-state index contributed by atoms with van der Waals surface area (Å²) in [6.45, 7) is 13.4. The molecule has 0 saturated heterocycles. The van der Waals surface area contributed by atoms with Crippen LogP contribution in [0.1, 0.15) is 66.2 Å². The Morgan fingerprint density at radius 2 is 1.60 bits per heavy atom. The predicted octanol–water partition coefficient (Wildman–Crippen LogP) is 6.62. The summed E-state index contributed by atoms with van der Waals surface area (Å²) in [5.74, 6) is 1.39. The van der Waals surface area contributed by atoms with Gasteiger partial charge in [-0.15, -0.1) is 0 Å². The van der Waals surface area contributed by atoms with Gasteiger partial charge in [-0.2, -0.15) is 0 Å². The van der Waals surface area contributed by atoms with E-state index in [1.165, 1.54) is 36.8 Å². The van der Waals surface area contributed by atoms with Crippen LogP contribution in [0.5, 0.6) is 0 Å². The molecule has 0 aromatic rings. The maximum absolute atomic E-state index is 4.19. The molecule has 0 aliphatic heterocycles. The Morgan fingerprint density at radius 1 is 1.00 bits per heavy atom. The zero-order valence-corrected chi connectivity index (χ0v) is 13.9. The van der Waals surface area contributed by atoms with E-state index in [1.54, 1.807) is 5.57 Å². The van der Waals surface area contributed by atoms with Crippen molar-refractivity contribution in [2.45, 2.75) is 66.2 Å². The van der Waals surface area contributed by atoms with Gasteiger partial charge in [0.05, 0.1) is 0 Å². The first-order valence-electron chi connectivity index (χ1n) is 8.16. The van der Waals surface area contributed by atoms with Gasteiger partial charge in [-0.3, -0.25) is 0 Å². The fourth-order valence-electron chi connectivity index (χ4n) is 2.64. The van der Waals surface area contributed by atoms with Crippen LogP contribution in [0.15, 0.2) is 47.6 Å². The first-order chi connectivity index (χ1) is 9.49. The lowest BCUT2D eigenvalue weighted by atomic mass is 9.88. The molecule has 0 aromatic heterocycles. The van der Waals surface area contributed by atoms with Crippen LogP contribution >= 0.6 is 0 Å². The third kappa shape index (κ3) is 6.93. The van der Waals surface area contributed by atoms with E-state index >= 15 is 0 Å². The molecule has 0 heteroatoms. The van der Waals surface area contributed by atoms with Crippen LogP contribution in [-0.4, -0.2) is 0 Å². The maximum Gasteiger partial charge on any atom is -0.0204 e. The quantitative estimate of drug-likeness (QED) is 0.471. The summed E-state index contributed by atoms with van der Waals surface area (Å²) >= 11 is 0. The van der Waals surface area contributed by atoms with E-state index in [2.05, 4.69) is 58.6 Å². The largest absolute Gasteiger partial charge is 0.0958 e. The molecule has 0 radical (unpaired) electrons. The normalized spacial score (nSPS) is 30.1. The second kappa shape index (κ2) is 9.00. The molecule has 0 heterocycles. The standard InChI is InChI=1S/C20H32/c1-16(2)20-14-12-18(4)10-6-8-17(3)9-7-11-19(5)13-15-20/h8,11-12,14,16,20H,4,6-7,9-10,13,15H2,1-3,5H3/b14-12+,17-8+,19-11-. The van der Waals surface area contributed by atoms with Gasteiger partial charge in [-0.25, -0.2) is 0 Å². The van der Waals surface area contributed by atoms with Crippen molar-refractivity contribution in [3.05, 3.63) is 47.6 Å². The van der Waals surface area contributed by atoms with E-state index in [9.17, 15) is 0 Å². The van der Waals surface area contributed by atoms with Gasteiger partial charge < -0.3 is 0 Å². The first kappa shape index (κ1) is 17.0. The Morgan fingerprint density at radius 3 is 2.25 bits per heavy atom. The minimum absolute atomic E-state index is 0.676. The highest BCUT2D eigenvalue weighted by atomic mass is 14.2. The zero-order valence-electron chi connectivity index (χ0n) is 13.9. The molecule has 0 spiro atoms. The molecule has 1 unspecified atom stereocenters. The molecule has 0 N–H and O–H groups in total. The number of rotatable bonds is 1. The molecular weight excluding hydrogens is 240 g/mol. The van der Waals surface area contributed by atoms with Crippen LogP contribution in [0.3, 0.4) is 0 Å². The van der Waals surface area contributed by atoms with Crippen LogP contribution in [0.25, 0.3) is 0 Å². The Hall–Kier alpha value is -1.04. The molecule has 0 saturated carbocycles. The van der Waals surface area contributed by atoms with Gasteiger partial charge in [0, 0.05) is 0 Å². The van der Waals surface area contributed by atoms with Gasteiger partial charge in [0.15, 0.2) is 0 Å². The highest BCUT2D eigenvalue weighted by Gasteiger charge is 2.10.